The van der Waals surface area contributed by atoms with E-state index in [2.05, 4.69) is 34.7 Å². The third kappa shape index (κ3) is 5.80. The number of aliphatic hydroxyl groups is 1. The summed E-state index contributed by atoms with van der Waals surface area (Å²) in [5, 5.41) is 16.6. The van der Waals surface area contributed by atoms with Gasteiger partial charge in [-0.25, -0.2) is 4.99 Å². The Morgan fingerprint density at radius 1 is 1.17 bits per heavy atom. The quantitative estimate of drug-likeness (QED) is 0.512. The molecule has 0 amide bonds. The highest BCUT2D eigenvalue weighted by molar-refractivity contribution is 7.16. The number of nitrogens with zero attached hydrogens (tertiary/aromatic N) is 1. The second kappa shape index (κ2) is 9.27. The molecule has 3 N–H and O–H groups in total. The van der Waals surface area contributed by atoms with Gasteiger partial charge in [0.15, 0.2) is 5.96 Å². The monoisotopic (exact) mass is 371 g/mol. The first-order valence-electron chi connectivity index (χ1n) is 7.65. The molecule has 2 aromatic heterocycles. The van der Waals surface area contributed by atoms with Crippen LogP contribution in [0, 0.1) is 0 Å². The summed E-state index contributed by atoms with van der Waals surface area (Å²) in [6, 6.07) is 7.92. The third-order valence-corrected chi connectivity index (χ3v) is 5.73. The number of thiophene rings is 2. The standard InChI is InChI=1S/C16H22ClN3OS2/c1-3-11-5-6-12(22-11)9-19-16(18-4-2)20-10-13(21)14-7-8-15(17)23-14/h5-8,13,21H,3-4,9-10H2,1-2H3,(H2,18,19,20). The topological polar surface area (TPSA) is 56.7 Å². The number of guanidine groups is 1. The van der Waals surface area contributed by atoms with Gasteiger partial charge < -0.3 is 15.7 Å². The van der Waals surface area contributed by atoms with Crippen LogP contribution < -0.4 is 10.6 Å². The van der Waals surface area contributed by atoms with Crippen LogP contribution in [0.25, 0.3) is 0 Å². The van der Waals surface area contributed by atoms with E-state index in [1.54, 1.807) is 17.4 Å². The maximum Gasteiger partial charge on any atom is 0.191 e. The molecule has 0 spiro atoms. The van der Waals surface area contributed by atoms with Crippen molar-refractivity contribution in [2.75, 3.05) is 13.1 Å². The zero-order valence-corrected chi connectivity index (χ0v) is 15.7. The van der Waals surface area contributed by atoms with Gasteiger partial charge in [0, 0.05) is 27.7 Å². The van der Waals surface area contributed by atoms with Crippen LogP contribution in [0.1, 0.15) is 34.6 Å². The molecule has 0 aliphatic heterocycles. The van der Waals surface area contributed by atoms with Crippen molar-refractivity contribution in [3.8, 4) is 0 Å². The van der Waals surface area contributed by atoms with Gasteiger partial charge in [-0.1, -0.05) is 18.5 Å². The molecular formula is C16H22ClN3OS2. The lowest BCUT2D eigenvalue weighted by atomic mass is 10.3. The highest BCUT2D eigenvalue weighted by Crippen LogP contribution is 2.26. The van der Waals surface area contributed by atoms with Gasteiger partial charge in [-0.05, 0) is 37.6 Å². The normalized spacial score (nSPS) is 13.1. The van der Waals surface area contributed by atoms with Crippen molar-refractivity contribution < 1.29 is 5.11 Å². The van der Waals surface area contributed by atoms with Crippen molar-refractivity contribution in [1.82, 2.24) is 10.6 Å². The number of aliphatic hydroxyl groups excluding tert-OH is 1. The van der Waals surface area contributed by atoms with E-state index < -0.39 is 6.10 Å². The van der Waals surface area contributed by atoms with Gasteiger partial charge in [0.1, 0.15) is 6.10 Å². The summed E-state index contributed by atoms with van der Waals surface area (Å²) in [4.78, 5) is 8.04. The molecule has 0 bridgehead atoms. The molecule has 1 unspecified atom stereocenters. The number of aryl methyl sites for hydroxylation is 1. The summed E-state index contributed by atoms with van der Waals surface area (Å²) < 4.78 is 0.684. The molecule has 0 radical (unpaired) electrons. The molecule has 4 nitrogen and oxygen atoms in total. The van der Waals surface area contributed by atoms with Crippen LogP contribution in [0.15, 0.2) is 29.3 Å². The number of hydrogen-bond donors (Lipinski definition) is 3. The number of nitrogens with one attached hydrogen (secondary N) is 2. The summed E-state index contributed by atoms with van der Waals surface area (Å²) >= 11 is 9.09. The Kier molecular flexibility index (Phi) is 7.36. The fourth-order valence-electron chi connectivity index (χ4n) is 2.00. The highest BCUT2D eigenvalue weighted by atomic mass is 35.5. The molecule has 0 aromatic carbocycles. The van der Waals surface area contributed by atoms with Crippen molar-refractivity contribution in [3.05, 3.63) is 43.2 Å². The second-order valence-corrected chi connectivity index (χ2v) is 7.95. The molecule has 0 fully saturated rings. The Hall–Kier alpha value is -1.08. The summed E-state index contributed by atoms with van der Waals surface area (Å²) in [5.74, 6) is 0.709. The lowest BCUT2D eigenvalue weighted by molar-refractivity contribution is 0.184. The van der Waals surface area contributed by atoms with E-state index in [1.807, 2.05) is 13.0 Å². The minimum atomic E-state index is -0.593. The van der Waals surface area contributed by atoms with Crippen molar-refractivity contribution in [3.63, 3.8) is 0 Å². The molecular weight excluding hydrogens is 350 g/mol. The second-order valence-electron chi connectivity index (χ2n) is 4.96. The predicted octanol–water partition coefficient (Wildman–Crippen LogP) is 3.81. The highest BCUT2D eigenvalue weighted by Gasteiger charge is 2.11. The summed E-state index contributed by atoms with van der Waals surface area (Å²) in [5.41, 5.74) is 0. The SMILES string of the molecule is CCNC(=NCc1ccc(CC)s1)NCC(O)c1ccc(Cl)s1. The Bertz CT molecular complexity index is 639. The van der Waals surface area contributed by atoms with E-state index in [4.69, 9.17) is 11.6 Å². The minimum Gasteiger partial charge on any atom is -0.386 e. The first-order valence-corrected chi connectivity index (χ1v) is 9.66. The van der Waals surface area contributed by atoms with Crippen molar-refractivity contribution in [1.29, 1.82) is 0 Å². The Labute approximate surface area is 150 Å². The minimum absolute atomic E-state index is 0.396. The molecule has 126 valence electrons. The van der Waals surface area contributed by atoms with E-state index in [9.17, 15) is 5.11 Å². The molecule has 0 aliphatic carbocycles. The first-order chi connectivity index (χ1) is 11.1. The summed E-state index contributed by atoms with van der Waals surface area (Å²) in [7, 11) is 0. The number of halogens is 1. The van der Waals surface area contributed by atoms with Crippen LogP contribution >= 0.6 is 34.3 Å². The van der Waals surface area contributed by atoms with E-state index in [0.717, 1.165) is 17.8 Å². The van der Waals surface area contributed by atoms with Crippen LogP contribution in [-0.2, 0) is 13.0 Å². The average Bonchev–Trinajstić information content (AvgIpc) is 3.18. The number of hydrogen-bond acceptors (Lipinski definition) is 4. The predicted molar refractivity (Wildman–Crippen MR) is 101 cm³/mol. The molecule has 2 heterocycles. The molecule has 7 heteroatoms. The lowest BCUT2D eigenvalue weighted by Crippen LogP contribution is -2.39. The van der Waals surface area contributed by atoms with Crippen molar-refractivity contribution in [2.24, 2.45) is 4.99 Å². The van der Waals surface area contributed by atoms with Crippen molar-refractivity contribution in [2.45, 2.75) is 32.9 Å². The zero-order chi connectivity index (χ0) is 16.7. The maximum absolute atomic E-state index is 10.2. The third-order valence-electron chi connectivity index (χ3n) is 3.19. The Morgan fingerprint density at radius 3 is 2.57 bits per heavy atom. The van der Waals surface area contributed by atoms with E-state index in [0.29, 0.717) is 23.4 Å². The molecule has 0 saturated heterocycles. The molecule has 2 rings (SSSR count). The molecule has 2 aromatic rings. The first kappa shape index (κ1) is 18.3. The number of rotatable bonds is 7. The Balaban J connectivity index is 1.90. The van der Waals surface area contributed by atoms with Gasteiger partial charge in [0.2, 0.25) is 0 Å². The van der Waals surface area contributed by atoms with E-state index in [-0.39, 0.29) is 0 Å². The molecule has 1 atom stereocenters. The maximum atomic E-state index is 10.2. The van der Waals surface area contributed by atoms with Crippen LogP contribution in [0.5, 0.6) is 0 Å². The molecule has 0 aliphatic rings. The Morgan fingerprint density at radius 2 is 1.96 bits per heavy atom. The zero-order valence-electron chi connectivity index (χ0n) is 13.3. The van der Waals surface area contributed by atoms with Gasteiger partial charge in [-0.3, -0.25) is 0 Å². The van der Waals surface area contributed by atoms with Crippen LogP contribution in [0.4, 0.5) is 0 Å². The smallest absolute Gasteiger partial charge is 0.191 e. The van der Waals surface area contributed by atoms with Crippen LogP contribution in [0.2, 0.25) is 4.34 Å². The van der Waals surface area contributed by atoms with Gasteiger partial charge >= 0.3 is 0 Å². The van der Waals surface area contributed by atoms with Gasteiger partial charge in [-0.2, -0.15) is 0 Å². The fraction of sp³-hybridized carbons (Fsp3) is 0.438. The summed E-state index contributed by atoms with van der Waals surface area (Å²) in [6.45, 7) is 5.99. The van der Waals surface area contributed by atoms with Gasteiger partial charge in [0.25, 0.3) is 0 Å². The largest absolute Gasteiger partial charge is 0.386 e. The summed E-state index contributed by atoms with van der Waals surface area (Å²) in [6.07, 6.45) is 0.465. The fourth-order valence-corrected chi connectivity index (χ4v) is 3.93. The van der Waals surface area contributed by atoms with E-state index in [1.165, 1.54) is 21.1 Å². The average molecular weight is 372 g/mol. The van der Waals surface area contributed by atoms with Crippen molar-refractivity contribution >= 4 is 40.2 Å². The van der Waals surface area contributed by atoms with Crippen LogP contribution in [0.3, 0.4) is 0 Å². The molecule has 0 saturated carbocycles. The van der Waals surface area contributed by atoms with Crippen LogP contribution in [-0.4, -0.2) is 24.2 Å². The number of aliphatic imine (C=N–C) groups is 1. The lowest BCUT2D eigenvalue weighted by Gasteiger charge is -2.14. The molecule has 23 heavy (non-hydrogen) atoms. The van der Waals surface area contributed by atoms with E-state index >= 15 is 0 Å². The van der Waals surface area contributed by atoms with Gasteiger partial charge in [0.05, 0.1) is 10.9 Å². The van der Waals surface area contributed by atoms with Gasteiger partial charge in [-0.15, -0.1) is 22.7 Å².